The highest BCUT2D eigenvalue weighted by Gasteiger charge is 2.24. The average Bonchev–Trinajstić information content (AvgIpc) is 2.68. The molecule has 0 bridgehead atoms. The second-order valence-corrected chi connectivity index (χ2v) is 7.63. The SMILES string of the molecule is C[C@@H](NCC(=O)N1CCC(Cc2ccccc2)CC1)C1CCOCC1. The van der Waals surface area contributed by atoms with Gasteiger partial charge >= 0.3 is 0 Å². The lowest BCUT2D eigenvalue weighted by atomic mass is 9.90. The molecule has 138 valence electrons. The van der Waals surface area contributed by atoms with Gasteiger partial charge in [-0.05, 0) is 56.4 Å². The molecular formula is C21H32N2O2. The van der Waals surface area contributed by atoms with Crippen molar-refractivity contribution in [2.45, 2.75) is 45.1 Å². The molecule has 1 aromatic rings. The summed E-state index contributed by atoms with van der Waals surface area (Å²) in [7, 11) is 0. The highest BCUT2D eigenvalue weighted by atomic mass is 16.5. The Morgan fingerprint density at radius 2 is 1.84 bits per heavy atom. The summed E-state index contributed by atoms with van der Waals surface area (Å²) in [6.45, 7) is 6.21. The van der Waals surface area contributed by atoms with Crippen molar-refractivity contribution in [2.75, 3.05) is 32.8 Å². The lowest BCUT2D eigenvalue weighted by molar-refractivity contribution is -0.131. The van der Waals surface area contributed by atoms with Gasteiger partial charge in [0.15, 0.2) is 0 Å². The minimum atomic E-state index is 0.261. The first-order chi connectivity index (χ1) is 12.2. The van der Waals surface area contributed by atoms with Gasteiger partial charge in [-0.2, -0.15) is 0 Å². The molecule has 2 heterocycles. The summed E-state index contributed by atoms with van der Waals surface area (Å²) in [5, 5.41) is 3.45. The van der Waals surface area contributed by atoms with Gasteiger partial charge < -0.3 is 15.0 Å². The summed E-state index contributed by atoms with van der Waals surface area (Å²) in [5.74, 6) is 1.61. The van der Waals surface area contributed by atoms with Crippen molar-refractivity contribution < 1.29 is 9.53 Å². The fraction of sp³-hybridized carbons (Fsp3) is 0.667. The Hall–Kier alpha value is -1.39. The zero-order valence-electron chi connectivity index (χ0n) is 15.5. The van der Waals surface area contributed by atoms with Crippen molar-refractivity contribution in [3.63, 3.8) is 0 Å². The van der Waals surface area contributed by atoms with Crippen molar-refractivity contribution in [2.24, 2.45) is 11.8 Å². The first-order valence-electron chi connectivity index (χ1n) is 9.85. The lowest BCUT2D eigenvalue weighted by Gasteiger charge is -2.33. The van der Waals surface area contributed by atoms with E-state index in [1.807, 2.05) is 4.90 Å². The van der Waals surface area contributed by atoms with Gasteiger partial charge in [-0.25, -0.2) is 0 Å². The summed E-state index contributed by atoms with van der Waals surface area (Å²) in [6, 6.07) is 11.1. The second-order valence-electron chi connectivity index (χ2n) is 7.63. The zero-order valence-corrected chi connectivity index (χ0v) is 15.5. The number of nitrogens with zero attached hydrogens (tertiary/aromatic N) is 1. The van der Waals surface area contributed by atoms with E-state index in [0.717, 1.165) is 58.4 Å². The van der Waals surface area contributed by atoms with E-state index in [-0.39, 0.29) is 5.91 Å². The maximum Gasteiger partial charge on any atom is 0.236 e. The average molecular weight is 344 g/mol. The third-order valence-corrected chi connectivity index (χ3v) is 5.88. The van der Waals surface area contributed by atoms with Crippen molar-refractivity contribution in [3.8, 4) is 0 Å². The molecule has 2 aliphatic rings. The van der Waals surface area contributed by atoms with Crippen LogP contribution in [0.4, 0.5) is 0 Å². The molecule has 1 atom stereocenters. The number of nitrogens with one attached hydrogen (secondary N) is 1. The number of rotatable bonds is 6. The van der Waals surface area contributed by atoms with Crippen LogP contribution in [0.2, 0.25) is 0 Å². The standard InChI is InChI=1S/C21H32N2O2/c1-17(20-9-13-25-14-10-20)22-16-21(24)23-11-7-19(8-12-23)15-18-5-3-2-4-6-18/h2-6,17,19-20,22H,7-16H2,1H3/t17-/m1/s1. The molecule has 1 N–H and O–H groups in total. The molecule has 0 radical (unpaired) electrons. The topological polar surface area (TPSA) is 41.6 Å². The first kappa shape index (κ1) is 18.4. The van der Waals surface area contributed by atoms with Gasteiger partial charge in [0, 0.05) is 32.3 Å². The Labute approximate surface area is 151 Å². The van der Waals surface area contributed by atoms with E-state index >= 15 is 0 Å². The summed E-state index contributed by atoms with van der Waals surface area (Å²) in [6.07, 6.45) is 5.59. The van der Waals surface area contributed by atoms with Gasteiger partial charge in [0.2, 0.25) is 5.91 Å². The number of hydrogen-bond donors (Lipinski definition) is 1. The van der Waals surface area contributed by atoms with Crippen LogP contribution in [0.15, 0.2) is 30.3 Å². The van der Waals surface area contributed by atoms with Gasteiger partial charge in [0.05, 0.1) is 6.54 Å². The Bertz CT molecular complexity index is 520. The third-order valence-electron chi connectivity index (χ3n) is 5.88. The molecule has 2 fully saturated rings. The smallest absolute Gasteiger partial charge is 0.236 e. The quantitative estimate of drug-likeness (QED) is 0.863. The summed E-state index contributed by atoms with van der Waals surface area (Å²) < 4.78 is 5.42. The molecule has 0 unspecified atom stereocenters. The molecule has 3 rings (SSSR count). The lowest BCUT2D eigenvalue weighted by Crippen LogP contribution is -2.46. The monoisotopic (exact) mass is 344 g/mol. The largest absolute Gasteiger partial charge is 0.381 e. The molecule has 2 saturated heterocycles. The van der Waals surface area contributed by atoms with Crippen LogP contribution in [0.5, 0.6) is 0 Å². The molecule has 0 aliphatic carbocycles. The number of piperidine rings is 1. The van der Waals surface area contributed by atoms with E-state index in [1.165, 1.54) is 5.56 Å². The van der Waals surface area contributed by atoms with E-state index in [2.05, 4.69) is 42.6 Å². The van der Waals surface area contributed by atoms with Gasteiger partial charge in [-0.1, -0.05) is 30.3 Å². The maximum atomic E-state index is 12.5. The molecule has 25 heavy (non-hydrogen) atoms. The number of amides is 1. The van der Waals surface area contributed by atoms with Crippen molar-refractivity contribution in [1.29, 1.82) is 0 Å². The Kier molecular flexibility index (Phi) is 6.88. The number of likely N-dealkylation sites (tertiary alicyclic amines) is 1. The van der Waals surface area contributed by atoms with Gasteiger partial charge in [-0.15, -0.1) is 0 Å². The number of carbonyl (C=O) groups excluding carboxylic acids is 1. The Balaban J connectivity index is 1.36. The summed E-state index contributed by atoms with van der Waals surface area (Å²) >= 11 is 0. The molecular weight excluding hydrogens is 312 g/mol. The molecule has 4 nitrogen and oxygen atoms in total. The van der Waals surface area contributed by atoms with Crippen LogP contribution in [-0.4, -0.2) is 49.7 Å². The minimum absolute atomic E-state index is 0.261. The van der Waals surface area contributed by atoms with Crippen molar-refractivity contribution in [3.05, 3.63) is 35.9 Å². The fourth-order valence-corrected chi connectivity index (χ4v) is 4.08. The molecule has 0 aromatic heterocycles. The van der Waals surface area contributed by atoms with Crippen molar-refractivity contribution in [1.82, 2.24) is 10.2 Å². The van der Waals surface area contributed by atoms with Gasteiger partial charge in [0.25, 0.3) is 0 Å². The predicted octanol–water partition coefficient (Wildman–Crippen LogP) is 2.87. The number of benzene rings is 1. The van der Waals surface area contributed by atoms with E-state index in [0.29, 0.717) is 24.4 Å². The summed E-state index contributed by atoms with van der Waals surface area (Å²) in [5.41, 5.74) is 1.42. The molecule has 4 heteroatoms. The van der Waals surface area contributed by atoms with Gasteiger partial charge in [-0.3, -0.25) is 4.79 Å². The van der Waals surface area contributed by atoms with E-state index < -0.39 is 0 Å². The van der Waals surface area contributed by atoms with Crippen LogP contribution in [-0.2, 0) is 16.0 Å². The van der Waals surface area contributed by atoms with E-state index in [4.69, 9.17) is 4.74 Å². The number of carbonyl (C=O) groups is 1. The first-order valence-corrected chi connectivity index (χ1v) is 9.85. The highest BCUT2D eigenvalue weighted by molar-refractivity contribution is 5.78. The number of hydrogen-bond acceptors (Lipinski definition) is 3. The fourth-order valence-electron chi connectivity index (χ4n) is 4.08. The van der Waals surface area contributed by atoms with Crippen LogP contribution in [0.25, 0.3) is 0 Å². The van der Waals surface area contributed by atoms with E-state index in [9.17, 15) is 4.79 Å². The normalized spacial score (nSPS) is 21.2. The highest BCUT2D eigenvalue weighted by Crippen LogP contribution is 2.22. The van der Waals surface area contributed by atoms with E-state index in [1.54, 1.807) is 0 Å². The van der Waals surface area contributed by atoms with Crippen LogP contribution < -0.4 is 5.32 Å². The third kappa shape index (κ3) is 5.55. The van der Waals surface area contributed by atoms with Crippen LogP contribution in [0.3, 0.4) is 0 Å². The molecule has 1 amide bonds. The molecule has 2 aliphatic heterocycles. The molecule has 0 saturated carbocycles. The van der Waals surface area contributed by atoms with Crippen LogP contribution >= 0.6 is 0 Å². The zero-order chi connectivity index (χ0) is 17.5. The minimum Gasteiger partial charge on any atom is -0.381 e. The Morgan fingerprint density at radius 3 is 2.52 bits per heavy atom. The molecule has 0 spiro atoms. The van der Waals surface area contributed by atoms with Crippen LogP contribution in [0.1, 0.15) is 38.2 Å². The predicted molar refractivity (Wildman–Crippen MR) is 100 cm³/mol. The second kappa shape index (κ2) is 9.35. The van der Waals surface area contributed by atoms with Gasteiger partial charge in [0.1, 0.15) is 0 Å². The molecule has 1 aromatic carbocycles. The maximum absolute atomic E-state index is 12.5. The van der Waals surface area contributed by atoms with Crippen molar-refractivity contribution >= 4 is 5.91 Å². The van der Waals surface area contributed by atoms with Crippen LogP contribution in [0, 0.1) is 11.8 Å². The Morgan fingerprint density at radius 1 is 1.16 bits per heavy atom. The number of ether oxygens (including phenoxy) is 1. The summed E-state index contributed by atoms with van der Waals surface area (Å²) in [4.78, 5) is 14.5.